The minimum absolute atomic E-state index is 0.156. The van der Waals surface area contributed by atoms with Gasteiger partial charge in [0.2, 0.25) is 0 Å². The molecule has 2 amide bonds. The predicted molar refractivity (Wildman–Crippen MR) is 127 cm³/mol. The van der Waals surface area contributed by atoms with Gasteiger partial charge in [0, 0.05) is 24.2 Å². The highest BCUT2D eigenvalue weighted by atomic mass is 19.1. The van der Waals surface area contributed by atoms with Gasteiger partial charge < -0.3 is 19.8 Å². The first-order valence-electron chi connectivity index (χ1n) is 11.4. The fourth-order valence-electron chi connectivity index (χ4n) is 4.91. The third-order valence-corrected chi connectivity index (χ3v) is 6.36. The van der Waals surface area contributed by atoms with E-state index in [1.807, 2.05) is 25.9 Å². The van der Waals surface area contributed by atoms with Crippen LogP contribution in [0.3, 0.4) is 0 Å². The van der Waals surface area contributed by atoms with Gasteiger partial charge in [0.25, 0.3) is 17.6 Å². The van der Waals surface area contributed by atoms with E-state index in [1.165, 1.54) is 17.0 Å². The summed E-state index contributed by atoms with van der Waals surface area (Å²) in [6, 6.07) is 12.0. The lowest BCUT2D eigenvalue weighted by atomic mass is 9.82. The molecule has 0 saturated carbocycles. The van der Waals surface area contributed by atoms with Crippen molar-refractivity contribution < 1.29 is 23.9 Å². The van der Waals surface area contributed by atoms with Gasteiger partial charge in [-0.2, -0.15) is 0 Å². The van der Waals surface area contributed by atoms with Gasteiger partial charge in [-0.05, 0) is 63.8 Å². The molecule has 4 rings (SSSR count). The zero-order valence-corrected chi connectivity index (χ0v) is 19.5. The maximum Gasteiger partial charge on any atom is 0.296 e. The second-order valence-electron chi connectivity index (χ2n) is 8.86. The van der Waals surface area contributed by atoms with Gasteiger partial charge in [0.1, 0.15) is 11.6 Å². The summed E-state index contributed by atoms with van der Waals surface area (Å²) in [5.41, 5.74) is -0.790. The minimum atomic E-state index is -1.77. The van der Waals surface area contributed by atoms with Crippen LogP contribution in [0.5, 0.6) is 0 Å². The number of hydrogen-bond donors (Lipinski definition) is 1. The van der Waals surface area contributed by atoms with E-state index in [9.17, 15) is 23.9 Å². The van der Waals surface area contributed by atoms with Gasteiger partial charge in [0.05, 0.1) is 11.3 Å². The van der Waals surface area contributed by atoms with Crippen LogP contribution in [0.15, 0.2) is 54.1 Å². The van der Waals surface area contributed by atoms with Crippen molar-refractivity contribution in [1.29, 1.82) is 0 Å². The lowest BCUT2D eigenvalue weighted by Gasteiger charge is -2.34. The molecule has 0 aromatic heterocycles. The molecule has 7 nitrogen and oxygen atoms in total. The Balaban J connectivity index is 1.99. The average Bonchev–Trinajstić information content (AvgIpc) is 3.18. The molecule has 2 aromatic carbocycles. The molecular formula is C26H28FN3O4. The van der Waals surface area contributed by atoms with E-state index in [2.05, 4.69) is 0 Å². The molecule has 1 spiro atoms. The van der Waals surface area contributed by atoms with Crippen LogP contribution in [-0.4, -0.2) is 66.2 Å². The van der Waals surface area contributed by atoms with Gasteiger partial charge in [-0.15, -0.1) is 0 Å². The van der Waals surface area contributed by atoms with Crippen LogP contribution >= 0.6 is 0 Å². The number of nitrogens with zero attached hydrogens (tertiary/aromatic N) is 3. The third-order valence-electron chi connectivity index (χ3n) is 6.36. The van der Waals surface area contributed by atoms with Crippen molar-refractivity contribution in [1.82, 2.24) is 9.80 Å². The molecule has 0 radical (unpaired) electrons. The van der Waals surface area contributed by atoms with E-state index >= 15 is 0 Å². The lowest BCUT2D eigenvalue weighted by Crippen LogP contribution is -2.52. The number of benzene rings is 2. The second kappa shape index (κ2) is 9.02. The zero-order valence-electron chi connectivity index (χ0n) is 19.5. The molecule has 8 heteroatoms. The van der Waals surface area contributed by atoms with Crippen LogP contribution < -0.4 is 4.90 Å². The molecule has 1 fully saturated rings. The number of carbonyl (C=O) groups excluding carboxylic acids is 3. The van der Waals surface area contributed by atoms with Gasteiger partial charge in [-0.25, -0.2) is 4.39 Å². The summed E-state index contributed by atoms with van der Waals surface area (Å²) in [4.78, 5) is 45.7. The number of likely N-dealkylation sites (tertiary alicyclic amines) is 1. The van der Waals surface area contributed by atoms with Crippen LogP contribution in [0.25, 0.3) is 5.76 Å². The van der Waals surface area contributed by atoms with Gasteiger partial charge in [-0.1, -0.05) is 25.1 Å². The Labute approximate surface area is 198 Å². The van der Waals surface area contributed by atoms with Gasteiger partial charge in [-0.3, -0.25) is 14.4 Å². The summed E-state index contributed by atoms with van der Waals surface area (Å²) in [6.45, 7) is 3.14. The molecule has 2 aromatic rings. The van der Waals surface area contributed by atoms with Crippen LogP contribution in [-0.2, 0) is 19.9 Å². The molecule has 1 atom stereocenters. The van der Waals surface area contributed by atoms with Crippen LogP contribution in [0.1, 0.15) is 30.9 Å². The van der Waals surface area contributed by atoms with Crippen molar-refractivity contribution in [3.63, 3.8) is 0 Å². The van der Waals surface area contributed by atoms with Crippen molar-refractivity contribution in [2.24, 2.45) is 0 Å². The smallest absolute Gasteiger partial charge is 0.296 e. The molecule has 2 aliphatic heterocycles. The number of aliphatic hydroxyl groups excluding tert-OH is 1. The molecule has 1 unspecified atom stereocenters. The van der Waals surface area contributed by atoms with E-state index in [-0.39, 0.29) is 17.7 Å². The number of carbonyl (C=O) groups is 3. The molecule has 0 aliphatic carbocycles. The zero-order chi connectivity index (χ0) is 24.6. The third kappa shape index (κ3) is 3.49. The number of aliphatic hydroxyl groups is 1. The fourth-order valence-corrected chi connectivity index (χ4v) is 4.91. The van der Waals surface area contributed by atoms with Crippen molar-refractivity contribution in [2.75, 3.05) is 38.6 Å². The summed E-state index contributed by atoms with van der Waals surface area (Å²) in [5.74, 6) is -3.19. The first-order valence-corrected chi connectivity index (χ1v) is 11.4. The SMILES string of the molecule is CCCN1C(=O)C2(C(=C(O)c3ccc(F)cc3)C(=O)C(=O)N2CCCN(C)C)c2ccccc21. The maximum absolute atomic E-state index is 14.1. The van der Waals surface area contributed by atoms with Gasteiger partial charge >= 0.3 is 0 Å². The Hall–Kier alpha value is -3.52. The molecule has 2 aliphatic rings. The van der Waals surface area contributed by atoms with Gasteiger partial charge in [0.15, 0.2) is 5.54 Å². The second-order valence-corrected chi connectivity index (χ2v) is 8.86. The Kier molecular flexibility index (Phi) is 6.27. The topological polar surface area (TPSA) is 81.2 Å². The minimum Gasteiger partial charge on any atom is -0.507 e. The summed E-state index contributed by atoms with van der Waals surface area (Å²) in [5, 5.41) is 11.3. The van der Waals surface area contributed by atoms with Crippen molar-refractivity contribution >= 4 is 29.0 Å². The molecule has 178 valence electrons. The molecular weight excluding hydrogens is 437 g/mol. The maximum atomic E-state index is 14.1. The number of anilines is 1. The number of fused-ring (bicyclic) bond motifs is 2. The van der Waals surface area contributed by atoms with E-state index in [4.69, 9.17) is 0 Å². The summed E-state index contributed by atoms with van der Waals surface area (Å²) in [7, 11) is 3.80. The molecule has 2 heterocycles. The number of ketones is 1. The highest BCUT2D eigenvalue weighted by Gasteiger charge is 2.66. The largest absolute Gasteiger partial charge is 0.507 e. The van der Waals surface area contributed by atoms with Crippen molar-refractivity contribution in [2.45, 2.75) is 25.3 Å². The Morgan fingerprint density at radius 3 is 2.35 bits per heavy atom. The molecule has 1 N–H and O–H groups in total. The number of halogens is 1. The summed E-state index contributed by atoms with van der Waals surface area (Å²) >= 11 is 0. The Morgan fingerprint density at radius 1 is 1.03 bits per heavy atom. The number of hydrogen-bond acceptors (Lipinski definition) is 5. The standard InChI is InChI=1S/C26H28FN3O4/c1-4-14-29-20-9-6-5-8-19(20)26(25(29)34)21(22(31)17-10-12-18(27)13-11-17)23(32)24(33)30(26)16-7-15-28(2)3/h5-6,8-13,31H,4,7,14-16H2,1-3H3. The van der Waals surface area contributed by atoms with E-state index < -0.39 is 34.7 Å². The number of Topliss-reactive ketones (excluding diaryl/α,β-unsaturated/α-hetero) is 1. The quantitative estimate of drug-likeness (QED) is 0.386. The average molecular weight is 466 g/mol. The van der Waals surface area contributed by atoms with Crippen molar-refractivity contribution in [3.05, 3.63) is 71.0 Å². The first kappa shape index (κ1) is 23.6. The highest BCUT2D eigenvalue weighted by Crippen LogP contribution is 2.53. The number of amides is 2. The first-order chi connectivity index (χ1) is 16.2. The van der Waals surface area contributed by atoms with E-state index in [0.29, 0.717) is 37.2 Å². The Morgan fingerprint density at radius 2 is 1.71 bits per heavy atom. The molecule has 0 bridgehead atoms. The fraction of sp³-hybridized carbons (Fsp3) is 0.346. The van der Waals surface area contributed by atoms with E-state index in [0.717, 1.165) is 12.1 Å². The Bertz CT molecular complexity index is 1170. The normalized spacial score (nSPS) is 21.3. The van der Waals surface area contributed by atoms with Crippen molar-refractivity contribution in [3.8, 4) is 0 Å². The molecule has 1 saturated heterocycles. The number of rotatable bonds is 7. The van der Waals surface area contributed by atoms with Crippen LogP contribution in [0.4, 0.5) is 10.1 Å². The van der Waals surface area contributed by atoms with Crippen LogP contribution in [0, 0.1) is 5.82 Å². The molecule has 34 heavy (non-hydrogen) atoms. The number of para-hydroxylation sites is 1. The summed E-state index contributed by atoms with van der Waals surface area (Å²) in [6.07, 6.45) is 1.20. The summed E-state index contributed by atoms with van der Waals surface area (Å²) < 4.78 is 13.5. The van der Waals surface area contributed by atoms with E-state index in [1.54, 1.807) is 29.2 Å². The van der Waals surface area contributed by atoms with Crippen LogP contribution in [0.2, 0.25) is 0 Å². The monoisotopic (exact) mass is 465 g/mol. The lowest BCUT2D eigenvalue weighted by molar-refractivity contribution is -0.143. The predicted octanol–water partition coefficient (Wildman–Crippen LogP) is 3.11. The highest BCUT2D eigenvalue weighted by molar-refractivity contribution is 6.50.